The third kappa shape index (κ3) is 5.27. The molecule has 2 N–H and O–H groups in total. The van der Waals surface area contributed by atoms with Crippen molar-refractivity contribution in [2.24, 2.45) is 5.92 Å². The average molecular weight is 551 g/mol. The number of aromatic carboxylic acids is 1. The molecule has 1 aliphatic carbocycles. The first kappa shape index (κ1) is 26.9. The number of ether oxygens (including phenoxy) is 1. The fourth-order valence-electron chi connectivity index (χ4n) is 4.77. The van der Waals surface area contributed by atoms with Crippen LogP contribution in [0, 0.1) is 17.2 Å². The van der Waals surface area contributed by atoms with E-state index in [0.29, 0.717) is 39.7 Å². The Morgan fingerprint density at radius 3 is 2.50 bits per heavy atom. The van der Waals surface area contributed by atoms with Crippen molar-refractivity contribution < 1.29 is 27.8 Å². The van der Waals surface area contributed by atoms with Crippen molar-refractivity contribution in [3.63, 3.8) is 0 Å². The van der Waals surface area contributed by atoms with Crippen LogP contribution >= 0.6 is 0 Å². The zero-order chi connectivity index (χ0) is 28.6. The van der Waals surface area contributed by atoms with Crippen molar-refractivity contribution >= 4 is 23.0 Å². The molecule has 0 saturated heterocycles. The second-order valence-corrected chi connectivity index (χ2v) is 9.78. The lowest BCUT2D eigenvalue weighted by Gasteiger charge is -2.32. The van der Waals surface area contributed by atoms with Gasteiger partial charge in [0.2, 0.25) is 5.82 Å². The van der Waals surface area contributed by atoms with Crippen LogP contribution in [0.5, 0.6) is 5.75 Å². The van der Waals surface area contributed by atoms with Gasteiger partial charge < -0.3 is 19.7 Å². The van der Waals surface area contributed by atoms with E-state index in [-0.39, 0.29) is 24.1 Å². The van der Waals surface area contributed by atoms with Crippen molar-refractivity contribution in [3.8, 4) is 23.2 Å². The maximum atomic E-state index is 13.2. The van der Waals surface area contributed by atoms with E-state index in [1.807, 2.05) is 6.92 Å². The molecule has 2 aromatic heterocycles. The predicted octanol–water partition coefficient (Wildman–Crippen LogP) is 5.74. The molecule has 12 heteroatoms. The van der Waals surface area contributed by atoms with Gasteiger partial charge in [0, 0.05) is 18.2 Å². The molecular formula is C28H25F3N6O3. The summed E-state index contributed by atoms with van der Waals surface area (Å²) in [5.74, 6) is -0.396. The summed E-state index contributed by atoms with van der Waals surface area (Å²) in [6.07, 6.45) is -1.30. The highest BCUT2D eigenvalue weighted by atomic mass is 19.4. The summed E-state index contributed by atoms with van der Waals surface area (Å²) < 4.78 is 46.6. The van der Waals surface area contributed by atoms with Crippen LogP contribution in [-0.4, -0.2) is 43.7 Å². The van der Waals surface area contributed by atoms with Gasteiger partial charge in [0.25, 0.3) is 0 Å². The first-order valence-corrected chi connectivity index (χ1v) is 12.6. The average Bonchev–Trinajstić information content (AvgIpc) is 3.25. The zero-order valence-corrected chi connectivity index (χ0v) is 21.7. The minimum absolute atomic E-state index is 0.0200. The molecule has 2 heterocycles. The Bertz CT molecular complexity index is 1620. The maximum Gasteiger partial charge on any atom is 0.416 e. The van der Waals surface area contributed by atoms with E-state index in [2.05, 4.69) is 26.3 Å². The molecule has 1 aliphatic rings. The number of carbonyl (C=O) groups is 1. The Hall–Kier alpha value is -4.66. The lowest BCUT2D eigenvalue weighted by Crippen LogP contribution is -2.31. The maximum absolute atomic E-state index is 13.2. The van der Waals surface area contributed by atoms with E-state index < -0.39 is 23.5 Å². The highest BCUT2D eigenvalue weighted by molar-refractivity contribution is 5.92. The Balaban J connectivity index is 1.72. The van der Waals surface area contributed by atoms with Gasteiger partial charge in [0.15, 0.2) is 11.5 Å². The Labute approximate surface area is 227 Å². The number of aromatic nitrogens is 4. The highest BCUT2D eigenvalue weighted by Crippen LogP contribution is 2.35. The van der Waals surface area contributed by atoms with Crippen LogP contribution in [0.2, 0.25) is 0 Å². The van der Waals surface area contributed by atoms with E-state index in [4.69, 9.17) is 4.74 Å². The molecular weight excluding hydrogens is 525 g/mol. The number of methoxy groups -OCH3 is 1. The fourth-order valence-corrected chi connectivity index (χ4v) is 4.77. The van der Waals surface area contributed by atoms with Crippen molar-refractivity contribution in [1.29, 1.82) is 5.26 Å². The Morgan fingerprint density at radius 2 is 1.93 bits per heavy atom. The van der Waals surface area contributed by atoms with Crippen LogP contribution in [-0.2, 0) is 12.7 Å². The summed E-state index contributed by atoms with van der Waals surface area (Å²) in [6, 6.07) is 11.6. The topological polar surface area (TPSA) is 126 Å². The van der Waals surface area contributed by atoms with Crippen LogP contribution < -0.4 is 10.1 Å². The minimum Gasteiger partial charge on any atom is -0.497 e. The van der Waals surface area contributed by atoms with Gasteiger partial charge >= 0.3 is 12.1 Å². The van der Waals surface area contributed by atoms with Gasteiger partial charge in [0.05, 0.1) is 24.3 Å². The SMILES string of the molecule is COc1cc(C#N)cc(-c2nc3nc(C(=O)O)nc(N[C@H](C)C4CCC4)c3n2Cc2ccc(C(F)(F)F)cc2)c1. The predicted molar refractivity (Wildman–Crippen MR) is 140 cm³/mol. The van der Waals surface area contributed by atoms with Gasteiger partial charge in [-0.2, -0.15) is 18.4 Å². The minimum atomic E-state index is -4.48. The van der Waals surface area contributed by atoms with E-state index >= 15 is 0 Å². The summed E-state index contributed by atoms with van der Waals surface area (Å²) in [6.45, 7) is 2.07. The molecule has 2 aromatic carbocycles. The number of imidazole rings is 1. The van der Waals surface area contributed by atoms with Gasteiger partial charge in [0.1, 0.15) is 17.1 Å². The third-order valence-electron chi connectivity index (χ3n) is 7.17. The Kier molecular flexibility index (Phi) is 7.06. The summed E-state index contributed by atoms with van der Waals surface area (Å²) in [7, 11) is 1.46. The highest BCUT2D eigenvalue weighted by Gasteiger charge is 2.30. The first-order valence-electron chi connectivity index (χ1n) is 12.6. The largest absolute Gasteiger partial charge is 0.497 e. The number of anilines is 1. The molecule has 1 fully saturated rings. The van der Waals surface area contributed by atoms with Crippen molar-refractivity contribution in [1.82, 2.24) is 19.5 Å². The van der Waals surface area contributed by atoms with Gasteiger partial charge in [-0.1, -0.05) is 18.6 Å². The summed E-state index contributed by atoms with van der Waals surface area (Å²) in [5, 5.41) is 22.6. The molecule has 5 rings (SSSR count). The number of fused-ring (bicyclic) bond motifs is 1. The van der Waals surface area contributed by atoms with Gasteiger partial charge in [-0.25, -0.2) is 19.7 Å². The summed E-state index contributed by atoms with van der Waals surface area (Å²) in [5.41, 5.74) is 1.04. The van der Waals surface area contributed by atoms with Crippen LogP contribution in [0.1, 0.15) is 53.5 Å². The molecule has 0 spiro atoms. The lowest BCUT2D eigenvalue weighted by atomic mass is 9.80. The van der Waals surface area contributed by atoms with E-state index in [1.165, 1.54) is 19.2 Å². The molecule has 0 bridgehead atoms. The summed E-state index contributed by atoms with van der Waals surface area (Å²) in [4.78, 5) is 25.0. The van der Waals surface area contributed by atoms with Crippen LogP contribution in [0.25, 0.3) is 22.6 Å². The molecule has 206 valence electrons. The molecule has 4 aromatic rings. The number of benzene rings is 2. The number of carboxylic acid groups (broad SMARTS) is 1. The molecule has 1 atom stereocenters. The second kappa shape index (κ2) is 10.5. The number of hydrogen-bond donors (Lipinski definition) is 2. The second-order valence-electron chi connectivity index (χ2n) is 9.78. The molecule has 9 nitrogen and oxygen atoms in total. The lowest BCUT2D eigenvalue weighted by molar-refractivity contribution is -0.137. The number of nitrogens with one attached hydrogen (secondary N) is 1. The smallest absolute Gasteiger partial charge is 0.416 e. The number of rotatable bonds is 8. The molecule has 1 saturated carbocycles. The van der Waals surface area contributed by atoms with E-state index in [1.54, 1.807) is 22.8 Å². The first-order chi connectivity index (χ1) is 19.1. The third-order valence-corrected chi connectivity index (χ3v) is 7.17. The molecule has 0 unspecified atom stereocenters. The number of nitriles is 1. The Morgan fingerprint density at radius 1 is 1.20 bits per heavy atom. The van der Waals surface area contributed by atoms with Gasteiger partial charge in [-0.05, 0) is 61.6 Å². The monoisotopic (exact) mass is 550 g/mol. The zero-order valence-electron chi connectivity index (χ0n) is 21.7. The summed E-state index contributed by atoms with van der Waals surface area (Å²) >= 11 is 0. The molecule has 0 amide bonds. The standard InChI is InChI=1S/C28H25F3N6O3/c1-15(18-4-3-5-18)33-23-22-24(35-25(34-23)27(38)39)36-26(19-10-17(13-32)11-21(12-19)40-2)37(22)14-16-6-8-20(9-7-16)28(29,30)31/h6-12,15,18H,3-5,14H2,1-2H3,(H,38,39)(H,33,34,35)/t15-/m1/s1. The number of hydrogen-bond acceptors (Lipinski definition) is 7. The van der Waals surface area contributed by atoms with Crippen LogP contribution in [0.4, 0.5) is 19.0 Å². The molecule has 0 aliphatic heterocycles. The fraction of sp³-hybridized carbons (Fsp3) is 0.321. The van der Waals surface area contributed by atoms with Gasteiger partial charge in [-0.3, -0.25) is 0 Å². The number of halogens is 3. The quantitative estimate of drug-likeness (QED) is 0.285. The van der Waals surface area contributed by atoms with Crippen LogP contribution in [0.15, 0.2) is 42.5 Å². The van der Waals surface area contributed by atoms with Crippen LogP contribution in [0.3, 0.4) is 0 Å². The normalized spacial score (nSPS) is 14.4. The van der Waals surface area contributed by atoms with Crippen molar-refractivity contribution in [3.05, 3.63) is 65.0 Å². The number of carboxylic acids is 1. The van der Waals surface area contributed by atoms with E-state index in [9.17, 15) is 28.3 Å². The van der Waals surface area contributed by atoms with Crippen molar-refractivity contribution in [2.45, 2.75) is 44.9 Å². The number of alkyl halides is 3. The van der Waals surface area contributed by atoms with E-state index in [0.717, 1.165) is 31.4 Å². The molecule has 0 radical (unpaired) electrons. The van der Waals surface area contributed by atoms with Crippen molar-refractivity contribution in [2.75, 3.05) is 12.4 Å². The van der Waals surface area contributed by atoms with Gasteiger partial charge in [-0.15, -0.1) is 0 Å². The number of nitrogens with zero attached hydrogens (tertiary/aromatic N) is 5. The molecule has 40 heavy (non-hydrogen) atoms.